The molecule has 156 valence electrons. The molecule has 0 saturated carbocycles. The first-order valence-electron chi connectivity index (χ1n) is 9.93. The Morgan fingerprint density at radius 3 is 2.13 bits per heavy atom. The van der Waals surface area contributed by atoms with E-state index in [0.717, 1.165) is 11.3 Å². The van der Waals surface area contributed by atoms with Gasteiger partial charge < -0.3 is 10.1 Å². The molecule has 4 rings (SSSR count). The fraction of sp³-hybridized carbons (Fsp3) is 0.120. The van der Waals surface area contributed by atoms with E-state index in [0.29, 0.717) is 34.1 Å². The summed E-state index contributed by atoms with van der Waals surface area (Å²) in [6, 6.07) is 21.4. The second kappa shape index (κ2) is 8.66. The monoisotopic (exact) mass is 432 g/mol. The first-order valence-corrected chi connectivity index (χ1v) is 10.3. The van der Waals surface area contributed by atoms with Crippen molar-refractivity contribution in [3.8, 4) is 5.75 Å². The highest BCUT2D eigenvalue weighted by molar-refractivity contribution is 6.46. The number of aryl methyl sites for hydroxylation is 1. The number of anilines is 2. The molecule has 3 aromatic carbocycles. The van der Waals surface area contributed by atoms with Crippen LogP contribution in [0.1, 0.15) is 18.1 Å². The van der Waals surface area contributed by atoms with Gasteiger partial charge in [0.25, 0.3) is 11.8 Å². The Morgan fingerprint density at radius 2 is 1.52 bits per heavy atom. The SMILES string of the molecule is CCOc1ccc(NC2=C(c3ccc(Cl)cc3)C(=O)N(c3ccc(C)cc3)C2=O)cc1. The zero-order valence-electron chi connectivity index (χ0n) is 17.2. The topological polar surface area (TPSA) is 58.6 Å². The number of ether oxygens (including phenoxy) is 1. The van der Waals surface area contributed by atoms with Gasteiger partial charge in [0.2, 0.25) is 0 Å². The summed E-state index contributed by atoms with van der Waals surface area (Å²) in [5.41, 5.74) is 3.38. The van der Waals surface area contributed by atoms with Crippen LogP contribution in [-0.2, 0) is 9.59 Å². The van der Waals surface area contributed by atoms with Gasteiger partial charge in [-0.25, -0.2) is 4.90 Å². The predicted molar refractivity (Wildman–Crippen MR) is 123 cm³/mol. The number of imide groups is 1. The van der Waals surface area contributed by atoms with E-state index in [2.05, 4.69) is 5.32 Å². The van der Waals surface area contributed by atoms with Crippen molar-refractivity contribution in [3.05, 3.63) is 94.6 Å². The van der Waals surface area contributed by atoms with E-state index in [9.17, 15) is 9.59 Å². The summed E-state index contributed by atoms with van der Waals surface area (Å²) in [4.78, 5) is 27.9. The van der Waals surface area contributed by atoms with E-state index < -0.39 is 5.91 Å². The van der Waals surface area contributed by atoms with Crippen molar-refractivity contribution >= 4 is 40.4 Å². The lowest BCUT2D eigenvalue weighted by molar-refractivity contribution is -0.120. The predicted octanol–water partition coefficient (Wildman–Crippen LogP) is 5.44. The van der Waals surface area contributed by atoms with Crippen molar-refractivity contribution < 1.29 is 14.3 Å². The molecule has 0 bridgehead atoms. The maximum absolute atomic E-state index is 13.4. The highest BCUT2D eigenvalue weighted by Gasteiger charge is 2.40. The van der Waals surface area contributed by atoms with Crippen molar-refractivity contribution in [1.82, 2.24) is 0 Å². The van der Waals surface area contributed by atoms with Crippen molar-refractivity contribution in [2.45, 2.75) is 13.8 Å². The van der Waals surface area contributed by atoms with Crippen LogP contribution in [0.15, 0.2) is 78.5 Å². The van der Waals surface area contributed by atoms with E-state index in [1.165, 1.54) is 4.90 Å². The summed E-state index contributed by atoms with van der Waals surface area (Å²) in [7, 11) is 0. The second-order valence-electron chi connectivity index (χ2n) is 7.12. The number of rotatable bonds is 6. The lowest BCUT2D eigenvalue weighted by Crippen LogP contribution is -2.32. The Labute approximate surface area is 185 Å². The van der Waals surface area contributed by atoms with Gasteiger partial charge in [0, 0.05) is 10.7 Å². The average molecular weight is 433 g/mol. The molecular formula is C25H21ClN2O3. The Hall–Kier alpha value is -3.57. The van der Waals surface area contributed by atoms with Crippen molar-refractivity contribution in [2.24, 2.45) is 0 Å². The Morgan fingerprint density at radius 1 is 0.871 bits per heavy atom. The van der Waals surface area contributed by atoms with Crippen LogP contribution in [0, 0.1) is 6.92 Å². The molecule has 1 aliphatic heterocycles. The number of hydrogen-bond donors (Lipinski definition) is 1. The Bertz CT molecular complexity index is 1150. The molecule has 0 saturated heterocycles. The Kier molecular flexibility index (Phi) is 5.78. The first-order chi connectivity index (χ1) is 15.0. The van der Waals surface area contributed by atoms with Crippen LogP contribution in [0.25, 0.3) is 5.57 Å². The zero-order chi connectivity index (χ0) is 22.0. The lowest BCUT2D eigenvalue weighted by atomic mass is 10.0. The largest absolute Gasteiger partial charge is 0.494 e. The van der Waals surface area contributed by atoms with E-state index in [4.69, 9.17) is 16.3 Å². The summed E-state index contributed by atoms with van der Waals surface area (Å²) in [6.07, 6.45) is 0. The van der Waals surface area contributed by atoms with Gasteiger partial charge in [-0.3, -0.25) is 9.59 Å². The van der Waals surface area contributed by atoms with E-state index in [1.54, 1.807) is 36.4 Å². The smallest absolute Gasteiger partial charge is 0.282 e. The van der Waals surface area contributed by atoms with Crippen LogP contribution in [0.5, 0.6) is 5.75 Å². The molecule has 0 radical (unpaired) electrons. The Balaban J connectivity index is 1.75. The third-order valence-electron chi connectivity index (χ3n) is 4.94. The minimum atomic E-state index is -0.410. The molecule has 6 heteroatoms. The highest BCUT2D eigenvalue weighted by Crippen LogP contribution is 2.34. The van der Waals surface area contributed by atoms with Crippen LogP contribution in [0.4, 0.5) is 11.4 Å². The number of nitrogens with zero attached hydrogens (tertiary/aromatic N) is 1. The number of halogens is 1. The third kappa shape index (κ3) is 4.18. The molecule has 31 heavy (non-hydrogen) atoms. The summed E-state index contributed by atoms with van der Waals surface area (Å²) in [5, 5.41) is 3.70. The molecule has 1 aliphatic rings. The number of amides is 2. The minimum absolute atomic E-state index is 0.219. The van der Waals surface area contributed by atoms with Gasteiger partial charge in [0.1, 0.15) is 11.4 Å². The fourth-order valence-electron chi connectivity index (χ4n) is 3.40. The molecule has 0 aromatic heterocycles. The summed E-state index contributed by atoms with van der Waals surface area (Å²) >= 11 is 6.02. The summed E-state index contributed by atoms with van der Waals surface area (Å²) < 4.78 is 5.47. The first kappa shape index (κ1) is 20.7. The van der Waals surface area contributed by atoms with Crippen LogP contribution in [0.2, 0.25) is 5.02 Å². The molecule has 0 aliphatic carbocycles. The van der Waals surface area contributed by atoms with Crippen molar-refractivity contribution in [1.29, 1.82) is 0 Å². The van der Waals surface area contributed by atoms with E-state index in [1.807, 2.05) is 50.2 Å². The minimum Gasteiger partial charge on any atom is -0.494 e. The van der Waals surface area contributed by atoms with Gasteiger partial charge in [0.15, 0.2) is 0 Å². The normalized spacial score (nSPS) is 13.7. The molecule has 0 unspecified atom stereocenters. The molecule has 0 fully saturated rings. The lowest BCUT2D eigenvalue weighted by Gasteiger charge is -2.15. The van der Waals surface area contributed by atoms with Crippen LogP contribution in [-0.4, -0.2) is 18.4 Å². The number of carbonyl (C=O) groups is 2. The van der Waals surface area contributed by atoms with Gasteiger partial charge in [0.05, 0.1) is 17.9 Å². The second-order valence-corrected chi connectivity index (χ2v) is 7.56. The van der Waals surface area contributed by atoms with Crippen LogP contribution >= 0.6 is 11.6 Å². The van der Waals surface area contributed by atoms with Gasteiger partial charge in [-0.15, -0.1) is 0 Å². The third-order valence-corrected chi connectivity index (χ3v) is 5.20. The number of benzene rings is 3. The molecule has 0 spiro atoms. The number of carbonyl (C=O) groups excluding carboxylic acids is 2. The van der Waals surface area contributed by atoms with Gasteiger partial charge in [-0.2, -0.15) is 0 Å². The van der Waals surface area contributed by atoms with Crippen LogP contribution in [0.3, 0.4) is 0 Å². The van der Waals surface area contributed by atoms with E-state index in [-0.39, 0.29) is 11.6 Å². The quantitative estimate of drug-likeness (QED) is 0.526. The van der Waals surface area contributed by atoms with Gasteiger partial charge in [-0.1, -0.05) is 41.4 Å². The zero-order valence-corrected chi connectivity index (χ0v) is 17.9. The summed E-state index contributed by atoms with van der Waals surface area (Å²) in [5.74, 6) is -0.0626. The number of hydrogen-bond acceptors (Lipinski definition) is 4. The molecular weight excluding hydrogens is 412 g/mol. The summed E-state index contributed by atoms with van der Waals surface area (Å²) in [6.45, 7) is 4.43. The molecule has 1 N–H and O–H groups in total. The molecule has 1 heterocycles. The molecule has 3 aromatic rings. The van der Waals surface area contributed by atoms with Crippen molar-refractivity contribution in [2.75, 3.05) is 16.8 Å². The molecule has 5 nitrogen and oxygen atoms in total. The average Bonchev–Trinajstić information content (AvgIpc) is 3.01. The maximum atomic E-state index is 13.4. The van der Waals surface area contributed by atoms with E-state index >= 15 is 0 Å². The number of nitrogens with one attached hydrogen (secondary N) is 1. The molecule has 2 amide bonds. The van der Waals surface area contributed by atoms with Gasteiger partial charge >= 0.3 is 0 Å². The van der Waals surface area contributed by atoms with Crippen LogP contribution < -0.4 is 15.0 Å². The highest BCUT2D eigenvalue weighted by atomic mass is 35.5. The standard InChI is InChI=1S/C25H21ClN2O3/c1-3-31-21-14-10-19(11-15-21)27-23-22(17-6-8-18(26)9-7-17)24(29)28(25(23)30)20-12-4-16(2)5-13-20/h4-15,27H,3H2,1-2H3. The van der Waals surface area contributed by atoms with Crippen molar-refractivity contribution in [3.63, 3.8) is 0 Å². The van der Waals surface area contributed by atoms with Gasteiger partial charge in [-0.05, 0) is 67.9 Å². The fourth-order valence-corrected chi connectivity index (χ4v) is 3.53. The maximum Gasteiger partial charge on any atom is 0.282 e. The molecule has 0 atom stereocenters.